The monoisotopic (exact) mass is 378 g/mol. The molecule has 142 valence electrons. The Labute approximate surface area is 160 Å². The summed E-state index contributed by atoms with van der Waals surface area (Å²) in [6.45, 7) is 3.64. The van der Waals surface area contributed by atoms with Gasteiger partial charge in [0.2, 0.25) is 5.91 Å². The Kier molecular flexibility index (Phi) is 5.30. The number of rotatable bonds is 5. The molecular formula is C20H18N4O4. The van der Waals surface area contributed by atoms with E-state index in [0.29, 0.717) is 5.69 Å². The predicted molar refractivity (Wildman–Crippen MR) is 105 cm³/mol. The Morgan fingerprint density at radius 3 is 2.64 bits per heavy atom. The van der Waals surface area contributed by atoms with Crippen LogP contribution >= 0.6 is 0 Å². The molecule has 1 N–H and O–H groups in total. The molecule has 8 nitrogen and oxygen atoms in total. The van der Waals surface area contributed by atoms with Crippen LogP contribution in [-0.2, 0) is 11.3 Å². The summed E-state index contributed by atoms with van der Waals surface area (Å²) in [4.78, 5) is 34.7. The fourth-order valence-electron chi connectivity index (χ4n) is 2.84. The summed E-state index contributed by atoms with van der Waals surface area (Å²) >= 11 is 0. The van der Waals surface area contributed by atoms with E-state index < -0.39 is 16.4 Å². The minimum atomic E-state index is -0.547. The summed E-state index contributed by atoms with van der Waals surface area (Å²) < 4.78 is 1.07. The molecule has 0 bridgehead atoms. The highest BCUT2D eigenvalue weighted by Gasteiger charge is 2.11. The normalized spacial score (nSPS) is 10.5. The van der Waals surface area contributed by atoms with Gasteiger partial charge in [0.25, 0.3) is 11.2 Å². The molecule has 2 aromatic carbocycles. The van der Waals surface area contributed by atoms with E-state index >= 15 is 0 Å². The number of nitrogens with zero attached hydrogens (tertiary/aromatic N) is 3. The molecule has 0 spiro atoms. The van der Waals surface area contributed by atoms with Gasteiger partial charge in [-0.3, -0.25) is 19.7 Å². The standard InChI is InChI=1S/C20H18N4O4/c1-13-6-7-17(14(2)10-13)18-8-9-20(26)23(22-18)12-19(25)21-15-4-3-5-16(11-15)24(27)28/h3-11H,12H2,1-2H3,(H,21,25). The van der Waals surface area contributed by atoms with E-state index in [1.807, 2.05) is 32.0 Å². The topological polar surface area (TPSA) is 107 Å². The molecule has 0 saturated carbocycles. The molecule has 0 radical (unpaired) electrons. The molecule has 0 aliphatic heterocycles. The largest absolute Gasteiger partial charge is 0.324 e. The quantitative estimate of drug-likeness (QED) is 0.542. The van der Waals surface area contributed by atoms with E-state index in [2.05, 4.69) is 10.4 Å². The number of carbonyl (C=O) groups is 1. The Bertz CT molecular complexity index is 1120. The number of anilines is 1. The molecule has 0 fully saturated rings. The van der Waals surface area contributed by atoms with E-state index in [4.69, 9.17) is 0 Å². The van der Waals surface area contributed by atoms with Gasteiger partial charge < -0.3 is 5.32 Å². The highest BCUT2D eigenvalue weighted by atomic mass is 16.6. The second-order valence-corrected chi connectivity index (χ2v) is 6.39. The summed E-state index contributed by atoms with van der Waals surface area (Å²) in [7, 11) is 0. The second-order valence-electron chi connectivity index (χ2n) is 6.39. The lowest BCUT2D eigenvalue weighted by molar-refractivity contribution is -0.384. The number of benzene rings is 2. The van der Waals surface area contributed by atoms with Gasteiger partial charge in [-0.15, -0.1) is 0 Å². The molecule has 28 heavy (non-hydrogen) atoms. The highest BCUT2D eigenvalue weighted by Crippen LogP contribution is 2.21. The Morgan fingerprint density at radius 2 is 1.93 bits per heavy atom. The van der Waals surface area contributed by atoms with Crippen molar-refractivity contribution in [1.29, 1.82) is 0 Å². The number of carbonyl (C=O) groups excluding carboxylic acids is 1. The van der Waals surface area contributed by atoms with E-state index in [1.165, 1.54) is 30.3 Å². The SMILES string of the molecule is Cc1ccc(-c2ccc(=O)n(CC(=O)Nc3cccc([N+](=O)[O-])c3)n2)c(C)c1. The van der Waals surface area contributed by atoms with E-state index in [1.54, 1.807) is 6.07 Å². The van der Waals surface area contributed by atoms with E-state index in [9.17, 15) is 19.7 Å². The van der Waals surface area contributed by atoms with Crippen LogP contribution in [0.2, 0.25) is 0 Å². The zero-order valence-corrected chi connectivity index (χ0v) is 15.4. The lowest BCUT2D eigenvalue weighted by Gasteiger charge is -2.10. The van der Waals surface area contributed by atoms with Gasteiger partial charge in [-0.1, -0.05) is 29.8 Å². The van der Waals surface area contributed by atoms with Crippen molar-refractivity contribution in [3.05, 3.63) is 86.2 Å². The average Bonchev–Trinajstić information content (AvgIpc) is 2.64. The number of amides is 1. The highest BCUT2D eigenvalue weighted by molar-refractivity contribution is 5.90. The van der Waals surface area contributed by atoms with Crippen molar-refractivity contribution >= 4 is 17.3 Å². The summed E-state index contributed by atoms with van der Waals surface area (Å²) in [6.07, 6.45) is 0. The third kappa shape index (κ3) is 4.29. The van der Waals surface area contributed by atoms with Gasteiger partial charge in [0.1, 0.15) is 6.54 Å². The third-order valence-corrected chi connectivity index (χ3v) is 4.16. The lowest BCUT2D eigenvalue weighted by atomic mass is 10.0. The molecule has 3 rings (SSSR count). The van der Waals surface area contributed by atoms with Crippen molar-refractivity contribution in [2.45, 2.75) is 20.4 Å². The first-order valence-electron chi connectivity index (χ1n) is 8.53. The van der Waals surface area contributed by atoms with Gasteiger partial charge in [-0.2, -0.15) is 5.10 Å². The number of hydrogen-bond donors (Lipinski definition) is 1. The third-order valence-electron chi connectivity index (χ3n) is 4.16. The molecule has 0 aliphatic carbocycles. The number of non-ortho nitro benzene ring substituents is 1. The van der Waals surface area contributed by atoms with Crippen LogP contribution < -0.4 is 10.9 Å². The molecule has 1 heterocycles. The summed E-state index contributed by atoms with van der Waals surface area (Å²) in [5.74, 6) is -0.507. The van der Waals surface area contributed by atoms with Gasteiger partial charge >= 0.3 is 0 Å². The first-order valence-corrected chi connectivity index (χ1v) is 8.53. The fourth-order valence-corrected chi connectivity index (χ4v) is 2.84. The molecule has 0 unspecified atom stereocenters. The van der Waals surface area contributed by atoms with Crippen LogP contribution in [0, 0.1) is 24.0 Å². The van der Waals surface area contributed by atoms with Gasteiger partial charge in [0.15, 0.2) is 0 Å². The van der Waals surface area contributed by atoms with Gasteiger partial charge in [0, 0.05) is 29.4 Å². The number of aryl methyl sites for hydroxylation is 2. The van der Waals surface area contributed by atoms with Crippen LogP contribution in [0.5, 0.6) is 0 Å². The van der Waals surface area contributed by atoms with Crippen LogP contribution in [0.1, 0.15) is 11.1 Å². The van der Waals surface area contributed by atoms with Crippen LogP contribution in [0.15, 0.2) is 59.4 Å². The summed E-state index contributed by atoms with van der Waals surface area (Å²) in [6, 6.07) is 14.5. The van der Waals surface area contributed by atoms with Crippen molar-refractivity contribution in [2.24, 2.45) is 0 Å². The number of nitro groups is 1. The molecule has 3 aromatic rings. The first kappa shape index (κ1) is 19.0. The molecular weight excluding hydrogens is 360 g/mol. The minimum absolute atomic E-state index is 0.134. The molecule has 0 aliphatic rings. The predicted octanol–water partition coefficient (Wildman–Crippen LogP) is 3.07. The molecule has 8 heteroatoms. The number of nitrogens with one attached hydrogen (secondary N) is 1. The average molecular weight is 378 g/mol. The maximum absolute atomic E-state index is 12.3. The molecule has 0 saturated heterocycles. The minimum Gasteiger partial charge on any atom is -0.324 e. The number of aromatic nitrogens is 2. The second kappa shape index (κ2) is 7.83. The Balaban J connectivity index is 1.82. The first-order chi connectivity index (χ1) is 13.3. The van der Waals surface area contributed by atoms with E-state index in [-0.39, 0.29) is 17.9 Å². The lowest BCUT2D eigenvalue weighted by Crippen LogP contribution is -2.29. The number of hydrogen-bond acceptors (Lipinski definition) is 5. The van der Waals surface area contributed by atoms with Crippen LogP contribution in [0.4, 0.5) is 11.4 Å². The van der Waals surface area contributed by atoms with Crippen LogP contribution in [-0.4, -0.2) is 20.6 Å². The van der Waals surface area contributed by atoms with Crippen LogP contribution in [0.25, 0.3) is 11.3 Å². The summed E-state index contributed by atoms with van der Waals surface area (Å²) in [5.41, 5.74) is 3.31. The van der Waals surface area contributed by atoms with Crippen molar-refractivity contribution in [2.75, 3.05) is 5.32 Å². The molecule has 1 aromatic heterocycles. The van der Waals surface area contributed by atoms with Crippen molar-refractivity contribution in [3.8, 4) is 11.3 Å². The Hall–Kier alpha value is -3.81. The van der Waals surface area contributed by atoms with Crippen molar-refractivity contribution in [1.82, 2.24) is 9.78 Å². The maximum atomic E-state index is 12.3. The van der Waals surface area contributed by atoms with Crippen molar-refractivity contribution in [3.63, 3.8) is 0 Å². The van der Waals surface area contributed by atoms with E-state index in [0.717, 1.165) is 21.4 Å². The van der Waals surface area contributed by atoms with Gasteiger partial charge in [0.05, 0.1) is 10.6 Å². The summed E-state index contributed by atoms with van der Waals surface area (Å²) in [5, 5.41) is 17.7. The van der Waals surface area contributed by atoms with Crippen LogP contribution in [0.3, 0.4) is 0 Å². The van der Waals surface area contributed by atoms with Gasteiger partial charge in [-0.05, 0) is 31.5 Å². The molecule has 1 amide bonds. The maximum Gasteiger partial charge on any atom is 0.271 e. The Morgan fingerprint density at radius 1 is 1.14 bits per heavy atom. The molecule has 0 atom stereocenters. The van der Waals surface area contributed by atoms with Crippen molar-refractivity contribution < 1.29 is 9.72 Å². The smallest absolute Gasteiger partial charge is 0.271 e. The number of nitro benzene ring substituents is 1. The fraction of sp³-hybridized carbons (Fsp3) is 0.150. The zero-order valence-electron chi connectivity index (χ0n) is 15.4. The van der Waals surface area contributed by atoms with Gasteiger partial charge in [-0.25, -0.2) is 4.68 Å². The zero-order chi connectivity index (χ0) is 20.3.